The molecule has 72 valence electrons. The van der Waals surface area contributed by atoms with Crippen LogP contribution in [-0.2, 0) is 9.47 Å². The molecule has 12 heavy (non-hydrogen) atoms. The molecule has 3 atom stereocenters. The Hall–Kier alpha value is -0.120. The minimum atomic E-state index is -0.228. The number of hydrogen-bond acceptors (Lipinski definition) is 3. The molecule has 0 aromatic rings. The summed E-state index contributed by atoms with van der Waals surface area (Å²) in [6, 6.07) is 0. The van der Waals surface area contributed by atoms with Crippen molar-refractivity contribution in [2.45, 2.75) is 45.0 Å². The summed E-state index contributed by atoms with van der Waals surface area (Å²) < 4.78 is 11.3. The molecular formula is C9H19NO2. The van der Waals surface area contributed by atoms with Gasteiger partial charge in [0.1, 0.15) is 5.60 Å². The van der Waals surface area contributed by atoms with E-state index in [1.54, 1.807) is 0 Å². The molecule has 1 aliphatic rings. The predicted molar refractivity (Wildman–Crippen MR) is 48.0 cm³/mol. The van der Waals surface area contributed by atoms with Crippen molar-refractivity contribution in [2.75, 3.05) is 13.2 Å². The number of nitrogens with two attached hydrogens (primary N) is 1. The summed E-state index contributed by atoms with van der Waals surface area (Å²) in [4.78, 5) is 0. The lowest BCUT2D eigenvalue weighted by Crippen LogP contribution is -2.46. The molecule has 0 aromatic heterocycles. The number of ether oxygens (including phenoxy) is 2. The molecule has 0 saturated carbocycles. The maximum atomic E-state index is 5.70. The highest BCUT2D eigenvalue weighted by Gasteiger charge is 2.44. The van der Waals surface area contributed by atoms with Gasteiger partial charge in [0.15, 0.2) is 0 Å². The van der Waals surface area contributed by atoms with E-state index < -0.39 is 0 Å². The van der Waals surface area contributed by atoms with Crippen LogP contribution in [0.1, 0.15) is 27.2 Å². The zero-order valence-electron chi connectivity index (χ0n) is 8.17. The first-order valence-electron chi connectivity index (χ1n) is 4.64. The first kappa shape index (κ1) is 9.96. The smallest absolute Gasteiger partial charge is 0.109 e. The monoisotopic (exact) mass is 173 g/mol. The van der Waals surface area contributed by atoms with Gasteiger partial charge in [0.05, 0.1) is 12.2 Å². The van der Waals surface area contributed by atoms with Gasteiger partial charge in [-0.1, -0.05) is 0 Å². The van der Waals surface area contributed by atoms with Crippen LogP contribution in [0, 0.1) is 0 Å². The first-order valence-corrected chi connectivity index (χ1v) is 4.64. The average molecular weight is 173 g/mol. The molecule has 0 aromatic carbocycles. The normalized spacial score (nSPS) is 42.0. The molecule has 0 radical (unpaired) electrons. The standard InChI is InChI=1S/C9H19NO2/c1-4-11-9(6-10)5-7(2)12-8(9)3/h7-8H,4-6,10H2,1-3H3. The van der Waals surface area contributed by atoms with Crippen molar-refractivity contribution in [1.29, 1.82) is 0 Å². The van der Waals surface area contributed by atoms with Crippen molar-refractivity contribution in [2.24, 2.45) is 5.73 Å². The zero-order chi connectivity index (χ0) is 9.19. The van der Waals surface area contributed by atoms with Crippen LogP contribution in [0.3, 0.4) is 0 Å². The second-order valence-electron chi connectivity index (χ2n) is 3.49. The van der Waals surface area contributed by atoms with Gasteiger partial charge in [0.2, 0.25) is 0 Å². The second kappa shape index (κ2) is 3.73. The molecule has 0 aliphatic carbocycles. The Morgan fingerprint density at radius 3 is 2.58 bits per heavy atom. The van der Waals surface area contributed by atoms with Gasteiger partial charge in [-0.3, -0.25) is 0 Å². The van der Waals surface area contributed by atoms with Crippen LogP contribution in [0.15, 0.2) is 0 Å². The molecule has 3 nitrogen and oxygen atoms in total. The van der Waals surface area contributed by atoms with E-state index in [2.05, 4.69) is 6.92 Å². The van der Waals surface area contributed by atoms with Crippen LogP contribution < -0.4 is 5.73 Å². The molecule has 0 bridgehead atoms. The van der Waals surface area contributed by atoms with E-state index in [1.807, 2.05) is 13.8 Å². The van der Waals surface area contributed by atoms with Gasteiger partial charge in [-0.2, -0.15) is 0 Å². The van der Waals surface area contributed by atoms with Crippen molar-refractivity contribution in [3.05, 3.63) is 0 Å². The Kier molecular flexibility index (Phi) is 3.09. The summed E-state index contributed by atoms with van der Waals surface area (Å²) in [6.07, 6.45) is 1.31. The summed E-state index contributed by atoms with van der Waals surface area (Å²) in [5.74, 6) is 0. The minimum Gasteiger partial charge on any atom is -0.372 e. The predicted octanol–water partition coefficient (Wildman–Crippen LogP) is 0.918. The maximum Gasteiger partial charge on any atom is 0.109 e. The van der Waals surface area contributed by atoms with Crippen LogP contribution >= 0.6 is 0 Å². The quantitative estimate of drug-likeness (QED) is 0.690. The highest BCUT2D eigenvalue weighted by molar-refractivity contribution is 4.95. The molecule has 0 amide bonds. The summed E-state index contributed by atoms with van der Waals surface area (Å²) in [7, 11) is 0. The molecule has 3 heteroatoms. The molecule has 3 unspecified atom stereocenters. The van der Waals surface area contributed by atoms with E-state index >= 15 is 0 Å². The second-order valence-corrected chi connectivity index (χ2v) is 3.49. The highest BCUT2D eigenvalue weighted by atomic mass is 16.6. The van der Waals surface area contributed by atoms with E-state index in [-0.39, 0.29) is 17.8 Å². The fraction of sp³-hybridized carbons (Fsp3) is 1.00. The molecule has 1 rings (SSSR count). The van der Waals surface area contributed by atoms with Crippen molar-refractivity contribution in [3.63, 3.8) is 0 Å². The van der Waals surface area contributed by atoms with Gasteiger partial charge >= 0.3 is 0 Å². The summed E-state index contributed by atoms with van der Waals surface area (Å²) in [6.45, 7) is 7.34. The number of hydrogen-bond donors (Lipinski definition) is 1. The van der Waals surface area contributed by atoms with Crippen LogP contribution in [0.5, 0.6) is 0 Å². The lowest BCUT2D eigenvalue weighted by molar-refractivity contribution is -0.0769. The molecule has 1 fully saturated rings. The van der Waals surface area contributed by atoms with Gasteiger partial charge < -0.3 is 15.2 Å². The highest BCUT2D eigenvalue weighted by Crippen LogP contribution is 2.32. The van der Waals surface area contributed by atoms with Crippen LogP contribution in [0.2, 0.25) is 0 Å². The van der Waals surface area contributed by atoms with E-state index in [0.717, 1.165) is 6.42 Å². The van der Waals surface area contributed by atoms with Gasteiger partial charge in [0, 0.05) is 19.6 Å². The Morgan fingerprint density at radius 1 is 1.58 bits per heavy atom. The van der Waals surface area contributed by atoms with Crippen LogP contribution in [0.4, 0.5) is 0 Å². The fourth-order valence-electron chi connectivity index (χ4n) is 1.95. The van der Waals surface area contributed by atoms with E-state index in [9.17, 15) is 0 Å². The summed E-state index contributed by atoms with van der Waals surface area (Å²) >= 11 is 0. The molecule has 2 N–H and O–H groups in total. The largest absolute Gasteiger partial charge is 0.372 e. The Balaban J connectivity index is 2.65. The lowest BCUT2D eigenvalue weighted by Gasteiger charge is -2.30. The molecule has 0 spiro atoms. The third kappa shape index (κ3) is 1.63. The van der Waals surface area contributed by atoms with Gasteiger partial charge in [-0.05, 0) is 20.8 Å². The van der Waals surface area contributed by atoms with Crippen LogP contribution in [0.25, 0.3) is 0 Å². The lowest BCUT2D eigenvalue weighted by atomic mass is 9.94. The van der Waals surface area contributed by atoms with Crippen molar-refractivity contribution >= 4 is 0 Å². The summed E-state index contributed by atoms with van der Waals surface area (Å²) in [5.41, 5.74) is 5.47. The number of rotatable bonds is 3. The van der Waals surface area contributed by atoms with E-state index in [1.165, 1.54) is 0 Å². The van der Waals surface area contributed by atoms with Gasteiger partial charge in [-0.15, -0.1) is 0 Å². The summed E-state index contributed by atoms with van der Waals surface area (Å²) in [5, 5.41) is 0. The Morgan fingerprint density at radius 2 is 2.25 bits per heavy atom. The van der Waals surface area contributed by atoms with Gasteiger partial charge in [-0.25, -0.2) is 0 Å². The molecule has 1 heterocycles. The van der Waals surface area contributed by atoms with Crippen molar-refractivity contribution < 1.29 is 9.47 Å². The zero-order valence-corrected chi connectivity index (χ0v) is 8.17. The molecule has 1 aliphatic heterocycles. The maximum absolute atomic E-state index is 5.70. The molecular weight excluding hydrogens is 154 g/mol. The van der Waals surface area contributed by atoms with E-state index in [4.69, 9.17) is 15.2 Å². The Bertz CT molecular complexity index is 151. The third-order valence-corrected chi connectivity index (χ3v) is 2.59. The minimum absolute atomic E-state index is 0.123. The average Bonchev–Trinajstić information content (AvgIpc) is 2.28. The van der Waals surface area contributed by atoms with Gasteiger partial charge in [0.25, 0.3) is 0 Å². The fourth-order valence-corrected chi connectivity index (χ4v) is 1.95. The topological polar surface area (TPSA) is 44.5 Å². The first-order chi connectivity index (χ1) is 5.64. The van der Waals surface area contributed by atoms with Crippen LogP contribution in [-0.4, -0.2) is 31.0 Å². The third-order valence-electron chi connectivity index (χ3n) is 2.59. The van der Waals surface area contributed by atoms with Crippen molar-refractivity contribution in [1.82, 2.24) is 0 Å². The Labute approximate surface area is 74.2 Å². The van der Waals surface area contributed by atoms with E-state index in [0.29, 0.717) is 13.2 Å². The molecule has 1 saturated heterocycles. The van der Waals surface area contributed by atoms with Crippen molar-refractivity contribution in [3.8, 4) is 0 Å². The SMILES string of the molecule is CCOC1(CN)CC(C)OC1C.